The van der Waals surface area contributed by atoms with Crippen molar-refractivity contribution in [3.63, 3.8) is 0 Å². The van der Waals surface area contributed by atoms with Crippen LogP contribution in [0.1, 0.15) is 38.9 Å². The Morgan fingerprint density at radius 1 is 1.13 bits per heavy atom. The summed E-state index contributed by atoms with van der Waals surface area (Å²) in [7, 11) is 1.27. The van der Waals surface area contributed by atoms with E-state index >= 15 is 0 Å². The minimum atomic E-state index is -0.500. The lowest BCUT2D eigenvalue weighted by atomic mass is 10.1. The third kappa shape index (κ3) is 4.28. The number of carbonyl (C=O) groups excluding carboxylic acids is 2. The SMILES string of the molecule is COC(=O)c1ccc(C(=O)NN=C(C)c2c(C)[nH]n(-c3ccc(Cl)nn3)c2=O)cc1. The van der Waals surface area contributed by atoms with Crippen molar-refractivity contribution in [2.45, 2.75) is 13.8 Å². The minimum absolute atomic E-state index is 0.204. The number of H-pyrrole nitrogens is 1. The number of rotatable bonds is 5. The first-order valence-electron chi connectivity index (χ1n) is 8.66. The van der Waals surface area contributed by atoms with Gasteiger partial charge in [0.1, 0.15) is 0 Å². The van der Waals surface area contributed by atoms with Gasteiger partial charge in [0.15, 0.2) is 11.0 Å². The molecule has 0 fully saturated rings. The van der Waals surface area contributed by atoms with Gasteiger partial charge in [0, 0.05) is 11.3 Å². The summed E-state index contributed by atoms with van der Waals surface area (Å²) in [6.07, 6.45) is 0. The Balaban J connectivity index is 1.80. The molecule has 2 aromatic heterocycles. The fraction of sp³-hybridized carbons (Fsp3) is 0.158. The zero-order valence-electron chi connectivity index (χ0n) is 16.3. The van der Waals surface area contributed by atoms with Gasteiger partial charge >= 0.3 is 5.97 Å². The fourth-order valence-corrected chi connectivity index (χ4v) is 2.79. The molecule has 0 saturated heterocycles. The highest BCUT2D eigenvalue weighted by Gasteiger charge is 2.17. The van der Waals surface area contributed by atoms with Crippen molar-refractivity contribution in [3.05, 3.63) is 74.3 Å². The molecule has 3 rings (SSSR count). The Morgan fingerprint density at radius 2 is 1.80 bits per heavy atom. The van der Waals surface area contributed by atoms with Crippen molar-refractivity contribution in [1.82, 2.24) is 25.4 Å². The van der Waals surface area contributed by atoms with Crippen LogP contribution >= 0.6 is 11.6 Å². The lowest BCUT2D eigenvalue weighted by molar-refractivity contribution is 0.0600. The lowest BCUT2D eigenvalue weighted by Gasteiger charge is -2.03. The maximum Gasteiger partial charge on any atom is 0.337 e. The Labute approximate surface area is 175 Å². The van der Waals surface area contributed by atoms with E-state index in [1.807, 2.05) is 0 Å². The molecule has 11 heteroatoms. The van der Waals surface area contributed by atoms with Crippen LogP contribution in [0.15, 0.2) is 46.3 Å². The molecule has 0 bridgehead atoms. The standard InChI is InChI=1S/C19H17ClN6O4/c1-10(21-24-17(27)12-4-6-13(7-5-12)19(29)30-3)16-11(2)25-26(18(16)28)15-9-8-14(20)22-23-15/h4-9,25H,1-3H3,(H,24,27). The topological polar surface area (TPSA) is 131 Å². The number of hydrogen-bond acceptors (Lipinski definition) is 7. The summed E-state index contributed by atoms with van der Waals surface area (Å²) in [6, 6.07) is 8.95. The first-order chi connectivity index (χ1) is 14.3. The molecule has 0 saturated carbocycles. The molecular formula is C19H17ClN6O4. The van der Waals surface area contributed by atoms with E-state index in [1.54, 1.807) is 19.9 Å². The third-order valence-corrected chi connectivity index (χ3v) is 4.38. The number of methoxy groups -OCH3 is 1. The molecule has 0 aliphatic rings. The zero-order valence-corrected chi connectivity index (χ0v) is 17.0. The molecule has 0 radical (unpaired) electrons. The molecule has 1 amide bonds. The predicted octanol–water partition coefficient (Wildman–Crippen LogP) is 1.86. The summed E-state index contributed by atoms with van der Waals surface area (Å²) in [6.45, 7) is 3.29. The molecule has 2 N–H and O–H groups in total. The summed E-state index contributed by atoms with van der Waals surface area (Å²) in [5.41, 5.74) is 3.73. The molecule has 1 aromatic carbocycles. The Kier molecular flexibility index (Phi) is 6.07. The van der Waals surface area contributed by atoms with Crippen LogP contribution in [0, 0.1) is 6.92 Å². The Morgan fingerprint density at radius 3 is 2.40 bits per heavy atom. The van der Waals surface area contributed by atoms with Crippen molar-refractivity contribution >= 4 is 29.2 Å². The molecule has 3 aromatic rings. The number of hydrazone groups is 1. The molecule has 0 unspecified atom stereocenters. The van der Waals surface area contributed by atoms with Gasteiger partial charge in [0.25, 0.3) is 11.5 Å². The third-order valence-electron chi connectivity index (χ3n) is 4.17. The summed E-state index contributed by atoms with van der Waals surface area (Å²) < 4.78 is 5.82. The van der Waals surface area contributed by atoms with Gasteiger partial charge in [-0.05, 0) is 50.2 Å². The van der Waals surface area contributed by atoms with Gasteiger partial charge in [-0.15, -0.1) is 10.2 Å². The van der Waals surface area contributed by atoms with Crippen LogP contribution in [-0.2, 0) is 4.74 Å². The van der Waals surface area contributed by atoms with Crippen molar-refractivity contribution in [3.8, 4) is 5.82 Å². The first-order valence-corrected chi connectivity index (χ1v) is 9.04. The Bertz CT molecular complexity index is 1180. The number of nitrogens with zero attached hydrogens (tertiary/aromatic N) is 4. The van der Waals surface area contributed by atoms with Crippen LogP contribution in [0.5, 0.6) is 0 Å². The maximum absolute atomic E-state index is 12.8. The van der Waals surface area contributed by atoms with Gasteiger partial charge in [-0.2, -0.15) is 9.78 Å². The van der Waals surface area contributed by atoms with Gasteiger partial charge < -0.3 is 4.74 Å². The molecule has 154 valence electrons. The fourth-order valence-electron chi connectivity index (χ4n) is 2.69. The van der Waals surface area contributed by atoms with E-state index in [2.05, 4.69) is 30.6 Å². The van der Waals surface area contributed by atoms with E-state index in [0.717, 1.165) is 0 Å². The Hall–Kier alpha value is -3.79. The van der Waals surface area contributed by atoms with Crippen molar-refractivity contribution in [2.24, 2.45) is 5.10 Å². The molecule has 0 atom stereocenters. The highest BCUT2D eigenvalue weighted by Crippen LogP contribution is 2.09. The number of nitrogens with one attached hydrogen (secondary N) is 2. The zero-order chi connectivity index (χ0) is 21.8. The van der Waals surface area contributed by atoms with E-state index in [9.17, 15) is 14.4 Å². The van der Waals surface area contributed by atoms with Crippen LogP contribution in [0.4, 0.5) is 0 Å². The molecule has 30 heavy (non-hydrogen) atoms. The second-order valence-electron chi connectivity index (χ2n) is 6.17. The van der Waals surface area contributed by atoms with Gasteiger partial charge in [-0.25, -0.2) is 10.2 Å². The quantitative estimate of drug-likeness (QED) is 0.362. The first kappa shape index (κ1) is 20.9. The van der Waals surface area contributed by atoms with Crippen LogP contribution < -0.4 is 11.0 Å². The van der Waals surface area contributed by atoms with E-state index < -0.39 is 17.4 Å². The van der Waals surface area contributed by atoms with Crippen LogP contribution in [0.3, 0.4) is 0 Å². The van der Waals surface area contributed by atoms with Crippen LogP contribution in [0.25, 0.3) is 5.82 Å². The molecule has 0 spiro atoms. The van der Waals surface area contributed by atoms with Gasteiger partial charge in [0.2, 0.25) is 0 Å². The smallest absolute Gasteiger partial charge is 0.337 e. The monoisotopic (exact) mass is 428 g/mol. The average molecular weight is 429 g/mol. The van der Waals surface area contributed by atoms with E-state index in [4.69, 9.17) is 11.6 Å². The van der Waals surface area contributed by atoms with Crippen molar-refractivity contribution < 1.29 is 14.3 Å². The van der Waals surface area contributed by atoms with E-state index in [0.29, 0.717) is 22.5 Å². The number of aromatic nitrogens is 4. The van der Waals surface area contributed by atoms with Gasteiger partial charge in [-0.1, -0.05) is 11.6 Å². The number of esters is 1. The number of hydrogen-bond donors (Lipinski definition) is 2. The summed E-state index contributed by atoms with van der Waals surface area (Å²) in [5.74, 6) is -0.732. The number of aromatic amines is 1. The number of carbonyl (C=O) groups is 2. The van der Waals surface area contributed by atoms with Crippen LogP contribution in [-0.4, -0.2) is 44.7 Å². The summed E-state index contributed by atoms with van der Waals surface area (Å²) >= 11 is 5.73. The van der Waals surface area contributed by atoms with Gasteiger partial charge in [0.05, 0.1) is 23.9 Å². The molecule has 0 aliphatic carbocycles. The highest BCUT2D eigenvalue weighted by atomic mass is 35.5. The highest BCUT2D eigenvalue weighted by molar-refractivity contribution is 6.29. The molecule has 10 nitrogen and oxygen atoms in total. The maximum atomic E-state index is 12.8. The minimum Gasteiger partial charge on any atom is -0.465 e. The second-order valence-corrected chi connectivity index (χ2v) is 6.56. The molecule has 2 heterocycles. The van der Waals surface area contributed by atoms with Crippen molar-refractivity contribution in [1.29, 1.82) is 0 Å². The summed E-state index contributed by atoms with van der Waals surface area (Å²) in [5, 5.41) is 14.7. The molecular weight excluding hydrogens is 412 g/mol. The second kappa shape index (κ2) is 8.70. The molecule has 0 aliphatic heterocycles. The largest absolute Gasteiger partial charge is 0.465 e. The normalized spacial score (nSPS) is 11.3. The van der Waals surface area contributed by atoms with E-state index in [-0.39, 0.29) is 16.5 Å². The van der Waals surface area contributed by atoms with E-state index in [1.165, 1.54) is 42.1 Å². The lowest BCUT2D eigenvalue weighted by Crippen LogP contribution is -2.24. The number of amides is 1. The average Bonchev–Trinajstić information content (AvgIpc) is 3.05. The van der Waals surface area contributed by atoms with Crippen LogP contribution in [0.2, 0.25) is 5.15 Å². The summed E-state index contributed by atoms with van der Waals surface area (Å²) in [4.78, 5) is 36.5. The van der Waals surface area contributed by atoms with Crippen molar-refractivity contribution in [2.75, 3.05) is 7.11 Å². The van der Waals surface area contributed by atoms with Gasteiger partial charge in [-0.3, -0.25) is 14.7 Å². The number of ether oxygens (including phenoxy) is 1. The number of benzene rings is 1. The number of aryl methyl sites for hydroxylation is 1. The number of halogens is 1. The predicted molar refractivity (Wildman–Crippen MR) is 109 cm³/mol.